The number of hydrogen-bond acceptors (Lipinski definition) is 4. The molecule has 31 heavy (non-hydrogen) atoms. The smallest absolute Gasteiger partial charge is 0.179 e. The lowest BCUT2D eigenvalue weighted by molar-refractivity contribution is 0.0974. The second-order valence-corrected chi connectivity index (χ2v) is 8.47. The van der Waals surface area contributed by atoms with Crippen LogP contribution < -0.4 is 4.90 Å². The van der Waals surface area contributed by atoms with E-state index in [9.17, 15) is 4.79 Å². The van der Waals surface area contributed by atoms with Gasteiger partial charge in [-0.15, -0.1) is 0 Å². The lowest BCUT2D eigenvalue weighted by atomic mass is 10.1. The summed E-state index contributed by atoms with van der Waals surface area (Å²) in [5.74, 6) is 0.202. The highest BCUT2D eigenvalue weighted by molar-refractivity contribution is 5.99. The van der Waals surface area contributed by atoms with Gasteiger partial charge in [0.15, 0.2) is 5.78 Å². The molecule has 0 bridgehead atoms. The van der Waals surface area contributed by atoms with Crippen LogP contribution in [-0.2, 0) is 0 Å². The van der Waals surface area contributed by atoms with Gasteiger partial charge in [-0.1, -0.05) is 19.4 Å². The maximum absolute atomic E-state index is 13.0. The Morgan fingerprint density at radius 1 is 1.03 bits per heavy atom. The number of hydrogen-bond donors (Lipinski definition) is 0. The fourth-order valence-corrected chi connectivity index (χ4v) is 4.50. The Bertz CT molecular complexity index is 1230. The molecule has 0 atom stereocenters. The van der Waals surface area contributed by atoms with E-state index in [1.807, 2.05) is 24.5 Å². The van der Waals surface area contributed by atoms with Crippen LogP contribution in [0.25, 0.3) is 22.4 Å². The van der Waals surface area contributed by atoms with Gasteiger partial charge in [0.1, 0.15) is 5.65 Å². The number of aromatic nitrogens is 3. The van der Waals surface area contributed by atoms with Gasteiger partial charge in [0, 0.05) is 62.4 Å². The molecule has 6 heteroatoms. The number of carbonyl (C=O) groups is 1. The summed E-state index contributed by atoms with van der Waals surface area (Å²) in [6.45, 7) is 6.28. The molecule has 1 fully saturated rings. The van der Waals surface area contributed by atoms with E-state index in [2.05, 4.69) is 68.0 Å². The van der Waals surface area contributed by atoms with Gasteiger partial charge >= 0.3 is 0 Å². The molecule has 6 nitrogen and oxygen atoms in total. The number of pyridine rings is 2. The molecule has 0 saturated carbocycles. The van der Waals surface area contributed by atoms with Crippen molar-refractivity contribution in [2.45, 2.75) is 26.2 Å². The standard InChI is InChI=1S/C25H29N5O/c1-3-4-7-24(31)23-18-20(21-6-5-8-25-26-10-12-30(21)25)22-17-19(9-11-29(22)23)28-15-13-27(2)14-16-28/h5-6,8-12,17-18H,3-4,7,13-16H2,1-2H3. The van der Waals surface area contributed by atoms with E-state index in [4.69, 9.17) is 0 Å². The Kier molecular flexibility index (Phi) is 5.24. The Hall–Kier alpha value is -3.12. The summed E-state index contributed by atoms with van der Waals surface area (Å²) in [5.41, 5.74) is 6.08. The first kappa shape index (κ1) is 19.8. The lowest BCUT2D eigenvalue weighted by Gasteiger charge is -2.34. The van der Waals surface area contributed by atoms with Gasteiger partial charge in [-0.05, 0) is 43.8 Å². The average molecular weight is 416 g/mol. The molecule has 1 saturated heterocycles. The zero-order valence-corrected chi connectivity index (χ0v) is 18.3. The van der Waals surface area contributed by atoms with E-state index >= 15 is 0 Å². The minimum Gasteiger partial charge on any atom is -0.369 e. The van der Waals surface area contributed by atoms with Crippen molar-refractivity contribution in [2.24, 2.45) is 0 Å². The summed E-state index contributed by atoms with van der Waals surface area (Å²) in [4.78, 5) is 22.3. The van der Waals surface area contributed by atoms with Crippen molar-refractivity contribution in [3.63, 3.8) is 0 Å². The summed E-state index contributed by atoms with van der Waals surface area (Å²) in [5, 5.41) is 0. The molecule has 0 aromatic carbocycles. The van der Waals surface area contributed by atoms with Gasteiger partial charge < -0.3 is 14.2 Å². The van der Waals surface area contributed by atoms with E-state index in [1.165, 1.54) is 5.69 Å². The molecule has 0 radical (unpaired) electrons. The third-order valence-corrected chi connectivity index (χ3v) is 6.37. The fourth-order valence-electron chi connectivity index (χ4n) is 4.50. The van der Waals surface area contributed by atoms with Crippen LogP contribution in [0.4, 0.5) is 5.69 Å². The number of carbonyl (C=O) groups excluding carboxylic acids is 1. The van der Waals surface area contributed by atoms with Gasteiger partial charge in [0.2, 0.25) is 0 Å². The van der Waals surface area contributed by atoms with Crippen molar-refractivity contribution in [3.8, 4) is 11.3 Å². The summed E-state index contributed by atoms with van der Waals surface area (Å²) < 4.78 is 4.17. The van der Waals surface area contributed by atoms with Gasteiger partial charge in [-0.2, -0.15) is 0 Å². The minimum atomic E-state index is 0.202. The molecule has 0 aliphatic carbocycles. The molecule has 0 amide bonds. The first-order valence-electron chi connectivity index (χ1n) is 11.2. The van der Waals surface area contributed by atoms with Crippen molar-refractivity contribution < 1.29 is 4.79 Å². The topological polar surface area (TPSA) is 45.3 Å². The van der Waals surface area contributed by atoms with E-state index < -0.39 is 0 Å². The van der Waals surface area contributed by atoms with Gasteiger partial charge in [0.05, 0.1) is 16.9 Å². The highest BCUT2D eigenvalue weighted by atomic mass is 16.1. The number of rotatable bonds is 6. The van der Waals surface area contributed by atoms with Crippen LogP contribution in [0, 0.1) is 0 Å². The predicted octanol–water partition coefficient (Wildman–Crippen LogP) is 4.38. The third kappa shape index (κ3) is 3.61. The molecule has 5 rings (SSSR count). The van der Waals surface area contributed by atoms with Crippen LogP contribution in [0.15, 0.2) is 55.0 Å². The SMILES string of the molecule is CCCCC(=O)c1cc(-c2cccc3nccn23)c2cc(N3CCN(C)CC3)ccn12. The highest BCUT2D eigenvalue weighted by Crippen LogP contribution is 2.32. The molecular formula is C25H29N5O. The van der Waals surface area contributed by atoms with E-state index in [0.29, 0.717) is 6.42 Å². The Morgan fingerprint density at radius 2 is 1.87 bits per heavy atom. The number of Topliss-reactive ketones (excluding diaryl/α,β-unsaturated/α-hetero) is 1. The van der Waals surface area contributed by atoms with Crippen molar-refractivity contribution in [1.29, 1.82) is 0 Å². The number of imidazole rings is 1. The van der Waals surface area contributed by atoms with Crippen LogP contribution in [-0.4, -0.2) is 57.7 Å². The van der Waals surface area contributed by atoms with Crippen LogP contribution in [0.2, 0.25) is 0 Å². The van der Waals surface area contributed by atoms with E-state index in [0.717, 1.165) is 67.1 Å². The van der Waals surface area contributed by atoms with Crippen molar-refractivity contribution in [2.75, 3.05) is 38.1 Å². The molecule has 5 heterocycles. The Morgan fingerprint density at radius 3 is 2.68 bits per heavy atom. The molecule has 0 N–H and O–H groups in total. The minimum absolute atomic E-state index is 0.202. The first-order valence-corrected chi connectivity index (χ1v) is 11.2. The highest BCUT2D eigenvalue weighted by Gasteiger charge is 2.20. The normalized spacial score (nSPS) is 15.2. The Balaban J connectivity index is 1.66. The molecule has 1 aliphatic heterocycles. The van der Waals surface area contributed by atoms with Gasteiger partial charge in [-0.3, -0.25) is 9.20 Å². The number of unbranched alkanes of at least 4 members (excludes halogenated alkanes) is 1. The number of fused-ring (bicyclic) bond motifs is 2. The van der Waals surface area contributed by atoms with Gasteiger partial charge in [0.25, 0.3) is 0 Å². The second-order valence-electron chi connectivity index (χ2n) is 8.47. The zero-order chi connectivity index (χ0) is 21.4. The fraction of sp³-hybridized carbons (Fsp3) is 0.360. The second kappa shape index (κ2) is 8.19. The molecule has 4 aromatic rings. The van der Waals surface area contributed by atoms with Crippen LogP contribution >= 0.6 is 0 Å². The maximum atomic E-state index is 13.0. The quantitative estimate of drug-likeness (QED) is 0.439. The maximum Gasteiger partial charge on any atom is 0.179 e. The first-order chi connectivity index (χ1) is 15.2. The zero-order valence-electron chi connectivity index (χ0n) is 18.3. The Labute approximate surface area is 182 Å². The number of nitrogens with zero attached hydrogens (tertiary/aromatic N) is 5. The predicted molar refractivity (Wildman–Crippen MR) is 125 cm³/mol. The van der Waals surface area contributed by atoms with Crippen LogP contribution in [0.5, 0.6) is 0 Å². The number of anilines is 1. The van der Waals surface area contributed by atoms with E-state index in [1.54, 1.807) is 0 Å². The molecule has 0 unspecified atom stereocenters. The molecule has 160 valence electrons. The molecular weight excluding hydrogens is 386 g/mol. The summed E-state index contributed by atoms with van der Waals surface area (Å²) in [6, 6.07) is 12.6. The molecule has 0 spiro atoms. The molecule has 4 aromatic heterocycles. The molecule has 1 aliphatic rings. The van der Waals surface area contributed by atoms with Crippen LogP contribution in [0.1, 0.15) is 36.7 Å². The largest absolute Gasteiger partial charge is 0.369 e. The summed E-state index contributed by atoms with van der Waals surface area (Å²) in [6.07, 6.45) is 8.39. The van der Waals surface area contributed by atoms with Crippen molar-refractivity contribution in [3.05, 3.63) is 60.7 Å². The number of likely N-dealkylation sites (N-methyl/N-ethyl adjacent to an activating group) is 1. The summed E-state index contributed by atoms with van der Waals surface area (Å²) >= 11 is 0. The van der Waals surface area contributed by atoms with Gasteiger partial charge in [-0.25, -0.2) is 4.98 Å². The third-order valence-electron chi connectivity index (χ3n) is 6.37. The average Bonchev–Trinajstić information content (AvgIpc) is 3.42. The van der Waals surface area contributed by atoms with E-state index in [-0.39, 0.29) is 5.78 Å². The lowest BCUT2D eigenvalue weighted by Crippen LogP contribution is -2.44. The monoisotopic (exact) mass is 415 g/mol. The van der Waals surface area contributed by atoms with Crippen molar-refractivity contribution >= 4 is 22.6 Å². The summed E-state index contributed by atoms with van der Waals surface area (Å²) in [7, 11) is 2.17. The van der Waals surface area contributed by atoms with Crippen molar-refractivity contribution in [1.82, 2.24) is 18.7 Å². The number of ketones is 1. The van der Waals surface area contributed by atoms with Crippen LogP contribution in [0.3, 0.4) is 0 Å². The number of piperazine rings is 1.